The van der Waals surface area contributed by atoms with Crippen molar-refractivity contribution in [3.63, 3.8) is 0 Å². The highest BCUT2D eigenvalue weighted by Gasteiger charge is 2.41. The minimum absolute atomic E-state index is 0.193. The minimum atomic E-state index is 0.193. The molecule has 1 aromatic heterocycles. The van der Waals surface area contributed by atoms with E-state index in [1.165, 1.54) is 5.56 Å². The molecule has 3 nitrogen and oxygen atoms in total. The fourth-order valence-corrected chi connectivity index (χ4v) is 4.26. The van der Waals surface area contributed by atoms with Crippen LogP contribution in [0.25, 0.3) is 10.9 Å². The Morgan fingerprint density at radius 2 is 1.96 bits per heavy atom. The number of rotatable bonds is 4. The van der Waals surface area contributed by atoms with E-state index in [1.54, 1.807) is 6.20 Å². The lowest BCUT2D eigenvalue weighted by atomic mass is 9.85. The summed E-state index contributed by atoms with van der Waals surface area (Å²) in [5.41, 5.74) is 3.18. The number of benzene rings is 2. The summed E-state index contributed by atoms with van der Waals surface area (Å²) < 4.78 is 1.16. The number of carbonyl (C=O) groups excluding carboxylic acids is 1. The molecule has 2 heterocycles. The fraction of sp³-hybridized carbons (Fsp3) is 0.238. The normalized spacial score (nSPS) is 18.2. The molecule has 1 amide bonds. The third-order valence-corrected chi connectivity index (χ3v) is 5.94. The number of carbonyl (C=O) groups is 1. The van der Waals surface area contributed by atoms with Gasteiger partial charge in [-0.25, -0.2) is 0 Å². The van der Waals surface area contributed by atoms with Crippen LogP contribution in [0.4, 0.5) is 5.69 Å². The van der Waals surface area contributed by atoms with E-state index in [1.807, 2.05) is 23.1 Å². The van der Waals surface area contributed by atoms with Crippen molar-refractivity contribution in [1.29, 1.82) is 0 Å². The topological polar surface area (TPSA) is 33.2 Å². The van der Waals surface area contributed by atoms with E-state index < -0.39 is 0 Å². The van der Waals surface area contributed by atoms with Crippen molar-refractivity contribution in [3.05, 3.63) is 69.9 Å². The first-order chi connectivity index (χ1) is 12.1. The van der Waals surface area contributed by atoms with Crippen molar-refractivity contribution in [2.24, 2.45) is 5.92 Å². The third-order valence-electron chi connectivity index (χ3n) is 5.00. The van der Waals surface area contributed by atoms with Gasteiger partial charge in [0.15, 0.2) is 0 Å². The lowest BCUT2D eigenvalue weighted by molar-refractivity contribution is -0.125. The first kappa shape index (κ1) is 16.5. The van der Waals surface area contributed by atoms with Crippen LogP contribution >= 0.6 is 22.6 Å². The maximum Gasteiger partial charge on any atom is 0.229 e. The number of β-lactam (4-membered cyclic amide) rings is 1. The van der Waals surface area contributed by atoms with Crippen LogP contribution < -0.4 is 4.90 Å². The third kappa shape index (κ3) is 3.03. The van der Waals surface area contributed by atoms with Crippen LogP contribution in [0.3, 0.4) is 0 Å². The summed E-state index contributed by atoms with van der Waals surface area (Å²) in [6.45, 7) is 2.24. The molecule has 25 heavy (non-hydrogen) atoms. The average Bonchev–Trinajstić information content (AvgIpc) is 2.63. The van der Waals surface area contributed by atoms with Gasteiger partial charge >= 0.3 is 0 Å². The highest BCUT2D eigenvalue weighted by Crippen LogP contribution is 2.38. The second-order valence-electron chi connectivity index (χ2n) is 6.67. The Balaban J connectivity index is 1.66. The molecule has 0 bridgehead atoms. The zero-order chi connectivity index (χ0) is 17.4. The fourth-order valence-electron chi connectivity index (χ4n) is 3.65. The van der Waals surface area contributed by atoms with Crippen LogP contribution in [0.2, 0.25) is 0 Å². The highest BCUT2D eigenvalue weighted by atomic mass is 127. The molecule has 1 saturated heterocycles. The van der Waals surface area contributed by atoms with E-state index in [2.05, 4.69) is 70.9 Å². The van der Waals surface area contributed by atoms with Crippen LogP contribution in [0.15, 0.2) is 60.8 Å². The molecule has 2 aromatic carbocycles. The molecule has 1 aliphatic rings. The van der Waals surface area contributed by atoms with Gasteiger partial charge in [-0.05, 0) is 58.7 Å². The average molecular weight is 442 g/mol. The molecular formula is C21H19IN2O. The summed E-state index contributed by atoms with van der Waals surface area (Å²) in [6, 6.07) is 18.9. The molecule has 3 aromatic rings. The lowest BCUT2D eigenvalue weighted by Crippen LogP contribution is -2.56. The molecule has 0 unspecified atom stereocenters. The van der Waals surface area contributed by atoms with Crippen molar-refractivity contribution in [2.75, 3.05) is 4.90 Å². The number of nitrogens with zero attached hydrogens (tertiary/aromatic N) is 2. The predicted octanol–water partition coefficient (Wildman–Crippen LogP) is 4.82. The quantitative estimate of drug-likeness (QED) is 0.429. The van der Waals surface area contributed by atoms with Gasteiger partial charge in [0.05, 0.1) is 11.2 Å². The summed E-state index contributed by atoms with van der Waals surface area (Å²) in [6.07, 6.45) is 3.40. The SMILES string of the molecule is C[C@@H](Cc1ccccc1)[C@H]1CC(=O)N1c1ccc(I)c2cccnc12. The molecule has 4 heteroatoms. The minimum Gasteiger partial charge on any atom is -0.306 e. The van der Waals surface area contributed by atoms with Gasteiger partial charge in [-0.1, -0.05) is 43.3 Å². The summed E-state index contributed by atoms with van der Waals surface area (Å²) in [4.78, 5) is 18.9. The predicted molar refractivity (Wildman–Crippen MR) is 110 cm³/mol. The summed E-state index contributed by atoms with van der Waals surface area (Å²) in [5.74, 6) is 0.594. The first-order valence-corrected chi connectivity index (χ1v) is 9.62. The maximum atomic E-state index is 12.4. The van der Waals surface area contributed by atoms with Gasteiger partial charge in [-0.2, -0.15) is 0 Å². The van der Waals surface area contributed by atoms with Crippen molar-refractivity contribution in [2.45, 2.75) is 25.8 Å². The Morgan fingerprint density at radius 3 is 2.72 bits per heavy atom. The number of pyridine rings is 1. The molecular weight excluding hydrogens is 423 g/mol. The number of hydrogen-bond donors (Lipinski definition) is 0. The summed E-state index contributed by atoms with van der Waals surface area (Å²) in [7, 11) is 0. The molecule has 1 fully saturated rings. The Kier molecular flexibility index (Phi) is 4.46. The molecule has 2 atom stereocenters. The van der Waals surface area contributed by atoms with E-state index in [0.717, 1.165) is 26.6 Å². The van der Waals surface area contributed by atoms with Gasteiger partial charge in [0.25, 0.3) is 0 Å². The standard InChI is InChI=1S/C21H19IN2O/c1-14(12-15-6-3-2-4-7-15)19-13-20(25)24(19)18-10-9-17(22)16-8-5-11-23-21(16)18/h2-11,14,19H,12-13H2,1H3/t14-,19+/m0/s1. The van der Waals surface area contributed by atoms with Crippen molar-refractivity contribution < 1.29 is 4.79 Å². The van der Waals surface area contributed by atoms with Gasteiger partial charge in [0.1, 0.15) is 0 Å². The molecule has 0 aliphatic carbocycles. The van der Waals surface area contributed by atoms with Crippen LogP contribution in [0, 0.1) is 9.49 Å². The zero-order valence-electron chi connectivity index (χ0n) is 14.0. The number of amides is 1. The monoisotopic (exact) mass is 442 g/mol. The van der Waals surface area contributed by atoms with Gasteiger partial charge in [0.2, 0.25) is 5.91 Å². The highest BCUT2D eigenvalue weighted by molar-refractivity contribution is 14.1. The zero-order valence-corrected chi connectivity index (χ0v) is 16.2. The largest absolute Gasteiger partial charge is 0.306 e. The summed E-state index contributed by atoms with van der Waals surface area (Å²) in [5, 5.41) is 1.11. The Morgan fingerprint density at radius 1 is 1.16 bits per heavy atom. The number of aromatic nitrogens is 1. The molecule has 0 saturated carbocycles. The number of anilines is 1. The van der Waals surface area contributed by atoms with Crippen LogP contribution in [0.1, 0.15) is 18.9 Å². The number of fused-ring (bicyclic) bond motifs is 1. The van der Waals surface area contributed by atoms with E-state index in [0.29, 0.717) is 12.3 Å². The molecule has 1 aliphatic heterocycles. The van der Waals surface area contributed by atoms with E-state index in [-0.39, 0.29) is 11.9 Å². The van der Waals surface area contributed by atoms with E-state index >= 15 is 0 Å². The molecule has 0 N–H and O–H groups in total. The van der Waals surface area contributed by atoms with Gasteiger partial charge in [0, 0.05) is 27.6 Å². The van der Waals surface area contributed by atoms with Crippen molar-refractivity contribution in [1.82, 2.24) is 4.98 Å². The summed E-state index contributed by atoms with van der Waals surface area (Å²) >= 11 is 2.32. The lowest BCUT2D eigenvalue weighted by Gasteiger charge is -2.44. The smallest absolute Gasteiger partial charge is 0.229 e. The Hall–Kier alpha value is -1.95. The first-order valence-electron chi connectivity index (χ1n) is 8.54. The van der Waals surface area contributed by atoms with Crippen molar-refractivity contribution in [3.8, 4) is 0 Å². The molecule has 0 spiro atoms. The van der Waals surface area contributed by atoms with Gasteiger partial charge in [-0.15, -0.1) is 0 Å². The maximum absolute atomic E-state index is 12.4. The van der Waals surface area contributed by atoms with Crippen molar-refractivity contribution >= 4 is 45.1 Å². The molecule has 4 rings (SSSR count). The van der Waals surface area contributed by atoms with Crippen LogP contribution in [-0.4, -0.2) is 16.9 Å². The Labute approximate surface area is 161 Å². The molecule has 126 valence electrons. The second-order valence-corrected chi connectivity index (χ2v) is 7.83. The van der Waals surface area contributed by atoms with Gasteiger partial charge < -0.3 is 4.90 Å². The molecule has 0 radical (unpaired) electrons. The van der Waals surface area contributed by atoms with Crippen LogP contribution in [-0.2, 0) is 11.2 Å². The second kappa shape index (κ2) is 6.75. The number of halogens is 1. The number of hydrogen-bond acceptors (Lipinski definition) is 2. The Bertz CT molecular complexity index is 926. The van der Waals surface area contributed by atoms with Crippen LogP contribution in [0.5, 0.6) is 0 Å². The van der Waals surface area contributed by atoms with E-state index in [9.17, 15) is 4.79 Å². The van der Waals surface area contributed by atoms with Gasteiger partial charge in [-0.3, -0.25) is 9.78 Å². The van der Waals surface area contributed by atoms with E-state index in [4.69, 9.17) is 0 Å².